The van der Waals surface area contributed by atoms with E-state index < -0.39 is 0 Å². The van der Waals surface area contributed by atoms with E-state index in [1.807, 2.05) is 24.5 Å². The Kier molecular flexibility index (Phi) is 5.49. The summed E-state index contributed by atoms with van der Waals surface area (Å²) in [6.07, 6.45) is 11.8. The molecule has 0 atom stereocenters. The smallest absolute Gasteiger partial charge is 0.0813 e. The third kappa shape index (κ3) is 4.44. The lowest BCUT2D eigenvalue weighted by atomic mass is 10.0. The zero-order chi connectivity index (χ0) is 25.3. The van der Waals surface area contributed by atoms with E-state index in [9.17, 15) is 0 Å². The summed E-state index contributed by atoms with van der Waals surface area (Å²) < 4.78 is 0. The van der Waals surface area contributed by atoms with Gasteiger partial charge in [0.1, 0.15) is 0 Å². The summed E-state index contributed by atoms with van der Waals surface area (Å²) in [4.78, 5) is 9.19. The molecule has 0 aliphatic rings. The second-order valence-electron chi connectivity index (χ2n) is 9.64. The lowest BCUT2D eigenvalue weighted by Crippen LogP contribution is -1.86. The van der Waals surface area contributed by atoms with E-state index in [0.717, 1.165) is 22.5 Å². The van der Waals surface area contributed by atoms with Gasteiger partial charge in [-0.15, -0.1) is 0 Å². The van der Waals surface area contributed by atoms with Crippen molar-refractivity contribution in [1.29, 1.82) is 0 Å². The summed E-state index contributed by atoms with van der Waals surface area (Å²) in [5.74, 6) is 0. The van der Waals surface area contributed by atoms with E-state index in [2.05, 4.69) is 131 Å². The molecule has 0 aliphatic heterocycles. The van der Waals surface area contributed by atoms with Crippen LogP contribution in [0.3, 0.4) is 0 Å². The largest absolute Gasteiger partial charge is 0.253 e. The molecule has 38 heavy (non-hydrogen) atoms. The van der Waals surface area contributed by atoms with Crippen LogP contribution in [-0.2, 0) is 0 Å². The molecule has 2 heteroatoms. The van der Waals surface area contributed by atoms with Crippen LogP contribution in [0.25, 0.3) is 67.4 Å². The average Bonchev–Trinajstić information content (AvgIpc) is 2.97. The number of hydrogen-bond donors (Lipinski definition) is 0. The van der Waals surface area contributed by atoms with Gasteiger partial charge in [-0.25, -0.2) is 0 Å². The van der Waals surface area contributed by atoms with Crippen molar-refractivity contribution in [3.63, 3.8) is 0 Å². The molecule has 0 bridgehead atoms. The van der Waals surface area contributed by atoms with Crippen molar-refractivity contribution in [2.24, 2.45) is 0 Å². The number of aromatic nitrogens is 2. The zero-order valence-corrected chi connectivity index (χ0v) is 20.8. The molecule has 0 unspecified atom stereocenters. The molecule has 0 radical (unpaired) electrons. The molecule has 7 rings (SSSR count). The van der Waals surface area contributed by atoms with Gasteiger partial charge >= 0.3 is 0 Å². The minimum absolute atomic E-state index is 0.832. The third-order valence-corrected chi connectivity index (χ3v) is 7.04. The monoisotopic (exact) mass is 484 g/mol. The molecule has 2 nitrogen and oxygen atoms in total. The second kappa shape index (κ2) is 9.42. The molecule has 1 heterocycles. The van der Waals surface area contributed by atoms with Gasteiger partial charge in [0.05, 0.1) is 23.8 Å². The van der Waals surface area contributed by atoms with Crippen molar-refractivity contribution < 1.29 is 0 Å². The van der Waals surface area contributed by atoms with Gasteiger partial charge in [0.2, 0.25) is 0 Å². The minimum atomic E-state index is 0.832. The molecule has 0 spiro atoms. The van der Waals surface area contributed by atoms with Crippen molar-refractivity contribution in [2.45, 2.75) is 0 Å². The van der Waals surface area contributed by atoms with Gasteiger partial charge in [-0.3, -0.25) is 9.97 Å². The fraction of sp³-hybridized carbons (Fsp3) is 0. The van der Waals surface area contributed by atoms with Crippen LogP contribution >= 0.6 is 0 Å². The topological polar surface area (TPSA) is 25.8 Å². The Bertz CT molecular complexity index is 1870. The average molecular weight is 485 g/mol. The Hall–Kier alpha value is -5.08. The normalized spacial score (nSPS) is 12.0. The second-order valence-corrected chi connectivity index (χ2v) is 9.64. The Labute approximate surface area is 221 Å². The summed E-state index contributed by atoms with van der Waals surface area (Å²) in [7, 11) is 0. The van der Waals surface area contributed by atoms with Crippen molar-refractivity contribution >= 4 is 67.4 Å². The predicted molar refractivity (Wildman–Crippen MR) is 163 cm³/mol. The van der Waals surface area contributed by atoms with Gasteiger partial charge in [0.15, 0.2) is 0 Å². The summed E-state index contributed by atoms with van der Waals surface area (Å²) in [6.45, 7) is 0. The first-order valence-corrected chi connectivity index (χ1v) is 12.8. The number of fused-ring (bicyclic) bond motifs is 4. The lowest BCUT2D eigenvalue weighted by Gasteiger charge is -2.04. The molecule has 1 aromatic heterocycles. The highest BCUT2D eigenvalue weighted by molar-refractivity contribution is 6.00. The van der Waals surface area contributed by atoms with Gasteiger partial charge < -0.3 is 0 Å². The minimum Gasteiger partial charge on any atom is -0.253 e. The van der Waals surface area contributed by atoms with Crippen LogP contribution in [0, 0.1) is 0 Å². The Morgan fingerprint density at radius 2 is 0.711 bits per heavy atom. The summed E-state index contributed by atoms with van der Waals surface area (Å²) in [5.41, 5.74) is 3.95. The first kappa shape index (κ1) is 22.1. The van der Waals surface area contributed by atoms with Crippen LogP contribution in [0.4, 0.5) is 0 Å². The first-order chi connectivity index (χ1) is 18.8. The van der Waals surface area contributed by atoms with Crippen molar-refractivity contribution in [3.05, 3.63) is 144 Å². The fourth-order valence-electron chi connectivity index (χ4n) is 5.01. The maximum absolute atomic E-state index is 4.59. The maximum atomic E-state index is 4.59. The van der Waals surface area contributed by atoms with Crippen LogP contribution < -0.4 is 0 Å². The summed E-state index contributed by atoms with van der Waals surface area (Å²) >= 11 is 0. The number of rotatable bonds is 4. The van der Waals surface area contributed by atoms with Crippen molar-refractivity contribution in [2.75, 3.05) is 0 Å². The van der Waals surface area contributed by atoms with Gasteiger partial charge in [0, 0.05) is 0 Å². The van der Waals surface area contributed by atoms with E-state index >= 15 is 0 Å². The van der Waals surface area contributed by atoms with Gasteiger partial charge in [0.25, 0.3) is 0 Å². The molecule has 0 saturated heterocycles. The number of nitrogens with zero attached hydrogens (tertiary/aromatic N) is 2. The Balaban J connectivity index is 1.08. The van der Waals surface area contributed by atoms with Crippen LogP contribution in [0.2, 0.25) is 0 Å². The zero-order valence-electron chi connectivity index (χ0n) is 20.8. The maximum Gasteiger partial charge on any atom is 0.0813 e. The number of hydrogen-bond acceptors (Lipinski definition) is 2. The standard InChI is InChI=1S/C36H24N2/c1-3-7-29-21-33-17-25(9-13-31(33)19-27(29)5-1)11-15-35-23-38-36(24-37-35)16-12-26-10-14-32-20-28-6-2-4-8-30(28)22-34(32)18-26/h1-24H. The molecular weight excluding hydrogens is 460 g/mol. The lowest BCUT2D eigenvalue weighted by molar-refractivity contribution is 1.16. The molecule has 0 N–H and O–H groups in total. The van der Waals surface area contributed by atoms with Crippen LogP contribution in [0.1, 0.15) is 22.5 Å². The molecule has 0 amide bonds. The summed E-state index contributed by atoms with van der Waals surface area (Å²) in [5, 5.41) is 10.0. The predicted octanol–water partition coefficient (Wildman–Crippen LogP) is 9.43. The van der Waals surface area contributed by atoms with Crippen molar-refractivity contribution in [3.8, 4) is 0 Å². The highest BCUT2D eigenvalue weighted by Gasteiger charge is 2.01. The fourth-order valence-corrected chi connectivity index (χ4v) is 5.01. The number of benzene rings is 6. The van der Waals surface area contributed by atoms with Crippen LogP contribution in [0.5, 0.6) is 0 Å². The highest BCUT2D eigenvalue weighted by Crippen LogP contribution is 2.26. The Morgan fingerprint density at radius 3 is 1.11 bits per heavy atom. The SMILES string of the molecule is C(=Cc1cnc(C=Cc2ccc3cc4ccccc4cc3c2)cn1)c1ccc2cc3ccccc3cc2c1. The van der Waals surface area contributed by atoms with Crippen LogP contribution in [-0.4, -0.2) is 9.97 Å². The molecule has 0 aliphatic carbocycles. The van der Waals surface area contributed by atoms with Gasteiger partial charge in [-0.05, 0) is 103 Å². The van der Waals surface area contributed by atoms with Crippen LogP contribution in [0.15, 0.2) is 122 Å². The third-order valence-electron chi connectivity index (χ3n) is 7.04. The highest BCUT2D eigenvalue weighted by atomic mass is 14.8. The van der Waals surface area contributed by atoms with E-state index in [4.69, 9.17) is 0 Å². The molecule has 0 fully saturated rings. The molecule has 7 aromatic rings. The van der Waals surface area contributed by atoms with Gasteiger partial charge in [-0.1, -0.05) is 84.9 Å². The molecule has 6 aromatic carbocycles. The Morgan fingerprint density at radius 1 is 0.342 bits per heavy atom. The first-order valence-electron chi connectivity index (χ1n) is 12.8. The quantitative estimate of drug-likeness (QED) is 0.233. The van der Waals surface area contributed by atoms with E-state index in [0.29, 0.717) is 0 Å². The molecular formula is C36H24N2. The summed E-state index contributed by atoms with van der Waals surface area (Å²) in [6, 6.07) is 39.0. The molecule has 0 saturated carbocycles. The van der Waals surface area contributed by atoms with E-state index in [-0.39, 0.29) is 0 Å². The van der Waals surface area contributed by atoms with E-state index in [1.165, 1.54) is 43.1 Å². The van der Waals surface area contributed by atoms with Gasteiger partial charge in [-0.2, -0.15) is 0 Å². The van der Waals surface area contributed by atoms with Crippen molar-refractivity contribution in [1.82, 2.24) is 9.97 Å². The van der Waals surface area contributed by atoms with E-state index in [1.54, 1.807) is 0 Å². The molecule has 178 valence electrons.